The Balaban J connectivity index is 1.47. The molecular formula is C19H25N3O2S. The Morgan fingerprint density at radius 3 is 2.72 bits per heavy atom. The second-order valence-corrected chi connectivity index (χ2v) is 8.55. The van der Waals surface area contributed by atoms with Gasteiger partial charge in [0.15, 0.2) is 0 Å². The molecule has 2 aliphatic rings. The molecule has 5 nitrogen and oxygen atoms in total. The highest BCUT2D eigenvalue weighted by atomic mass is 32.2. The smallest absolute Gasteiger partial charge is 0.258 e. The molecule has 4 rings (SSSR count). The van der Waals surface area contributed by atoms with Gasteiger partial charge in [0, 0.05) is 17.0 Å². The monoisotopic (exact) mass is 359 g/mol. The molecule has 0 unspecified atom stereocenters. The van der Waals surface area contributed by atoms with E-state index < -0.39 is 0 Å². The van der Waals surface area contributed by atoms with E-state index in [4.69, 9.17) is 0 Å². The van der Waals surface area contributed by atoms with E-state index in [1.54, 1.807) is 0 Å². The van der Waals surface area contributed by atoms with E-state index in [1.807, 2.05) is 30.0 Å². The van der Waals surface area contributed by atoms with Gasteiger partial charge in [0.05, 0.1) is 22.8 Å². The van der Waals surface area contributed by atoms with Crippen LogP contribution < -0.4 is 10.9 Å². The molecule has 0 saturated heterocycles. The Bertz CT molecular complexity index is 795. The molecule has 0 spiro atoms. The number of hydrogen-bond acceptors (Lipinski definition) is 5. The first-order chi connectivity index (χ1) is 12.2. The van der Waals surface area contributed by atoms with Crippen LogP contribution in [0.5, 0.6) is 0 Å². The molecule has 3 N–H and O–H groups in total. The van der Waals surface area contributed by atoms with Gasteiger partial charge < -0.3 is 15.4 Å². The standard InChI is InChI=1S/C19H25N3O2S/c23-14-5-7-15(8-6-14)25-11-18-21-17-10-13(20-12-2-1-3-12)4-9-16(17)19(24)22-18/h4,9-10,12,14-15,20,23H,1-3,5-8,11H2,(H,21,22,24). The fourth-order valence-corrected chi connectivity index (χ4v) is 4.68. The van der Waals surface area contributed by atoms with Crippen LogP contribution in [-0.2, 0) is 5.75 Å². The van der Waals surface area contributed by atoms with Gasteiger partial charge in [0.25, 0.3) is 5.56 Å². The molecule has 2 saturated carbocycles. The molecule has 2 fully saturated rings. The first kappa shape index (κ1) is 16.9. The summed E-state index contributed by atoms with van der Waals surface area (Å²) < 4.78 is 0. The highest BCUT2D eigenvalue weighted by Gasteiger charge is 2.20. The van der Waals surface area contributed by atoms with Crippen LogP contribution in [0.4, 0.5) is 5.69 Å². The van der Waals surface area contributed by atoms with Gasteiger partial charge in [-0.1, -0.05) is 0 Å². The molecule has 0 aliphatic heterocycles. The number of H-pyrrole nitrogens is 1. The van der Waals surface area contributed by atoms with Gasteiger partial charge in [0.2, 0.25) is 0 Å². The number of thioether (sulfide) groups is 1. The molecule has 1 aromatic heterocycles. The number of anilines is 1. The summed E-state index contributed by atoms with van der Waals surface area (Å²) in [5.41, 5.74) is 1.76. The highest BCUT2D eigenvalue weighted by Crippen LogP contribution is 2.30. The van der Waals surface area contributed by atoms with Crippen molar-refractivity contribution in [3.8, 4) is 0 Å². The Hall–Kier alpha value is -1.53. The maximum atomic E-state index is 12.3. The average Bonchev–Trinajstić information content (AvgIpc) is 2.57. The molecule has 0 bridgehead atoms. The largest absolute Gasteiger partial charge is 0.393 e. The summed E-state index contributed by atoms with van der Waals surface area (Å²) in [7, 11) is 0. The minimum atomic E-state index is -0.128. The van der Waals surface area contributed by atoms with Crippen molar-refractivity contribution in [3.63, 3.8) is 0 Å². The summed E-state index contributed by atoms with van der Waals surface area (Å²) in [4.78, 5) is 19.9. The summed E-state index contributed by atoms with van der Waals surface area (Å²) in [6, 6.07) is 6.39. The normalized spacial score (nSPS) is 24.2. The van der Waals surface area contributed by atoms with Crippen molar-refractivity contribution < 1.29 is 5.11 Å². The third kappa shape index (κ3) is 4.01. The number of nitrogens with one attached hydrogen (secondary N) is 2. The number of hydrogen-bond donors (Lipinski definition) is 3. The lowest BCUT2D eigenvalue weighted by Crippen LogP contribution is -2.26. The van der Waals surface area contributed by atoms with Gasteiger partial charge in [-0.25, -0.2) is 4.98 Å². The lowest BCUT2D eigenvalue weighted by Gasteiger charge is -2.27. The second kappa shape index (κ2) is 7.38. The minimum Gasteiger partial charge on any atom is -0.393 e. The van der Waals surface area contributed by atoms with Crippen LogP contribution in [0.2, 0.25) is 0 Å². The quantitative estimate of drug-likeness (QED) is 0.762. The van der Waals surface area contributed by atoms with Gasteiger partial charge in [-0.15, -0.1) is 0 Å². The molecular weight excluding hydrogens is 334 g/mol. The highest BCUT2D eigenvalue weighted by molar-refractivity contribution is 7.99. The van der Waals surface area contributed by atoms with E-state index in [0.717, 1.165) is 42.7 Å². The zero-order chi connectivity index (χ0) is 17.2. The Morgan fingerprint density at radius 1 is 1.20 bits per heavy atom. The van der Waals surface area contributed by atoms with E-state index in [2.05, 4.69) is 15.3 Å². The number of aliphatic hydroxyl groups excluding tert-OH is 1. The Kier molecular flexibility index (Phi) is 4.99. The number of fused-ring (bicyclic) bond motifs is 1. The third-order valence-corrected chi connectivity index (χ3v) is 6.71. The van der Waals surface area contributed by atoms with Crippen LogP contribution in [0.3, 0.4) is 0 Å². The number of benzene rings is 1. The van der Waals surface area contributed by atoms with E-state index in [9.17, 15) is 9.90 Å². The van der Waals surface area contributed by atoms with Crippen LogP contribution in [0.25, 0.3) is 10.9 Å². The van der Waals surface area contributed by atoms with Crippen LogP contribution >= 0.6 is 11.8 Å². The van der Waals surface area contributed by atoms with Crippen LogP contribution in [-0.4, -0.2) is 32.5 Å². The van der Waals surface area contributed by atoms with E-state index in [1.165, 1.54) is 19.3 Å². The Morgan fingerprint density at radius 2 is 2.00 bits per heavy atom. The molecule has 25 heavy (non-hydrogen) atoms. The molecule has 1 aromatic carbocycles. The van der Waals surface area contributed by atoms with E-state index in [-0.39, 0.29) is 11.7 Å². The topological polar surface area (TPSA) is 78.0 Å². The number of aromatic amines is 1. The maximum absolute atomic E-state index is 12.3. The van der Waals surface area contributed by atoms with Crippen molar-refractivity contribution in [2.45, 2.75) is 68.1 Å². The van der Waals surface area contributed by atoms with E-state index >= 15 is 0 Å². The fraction of sp³-hybridized carbons (Fsp3) is 0.579. The SMILES string of the molecule is O=c1[nH]c(CSC2CCC(O)CC2)nc2cc(NC3CCC3)ccc12. The summed E-state index contributed by atoms with van der Waals surface area (Å²) in [5.74, 6) is 1.46. The zero-order valence-corrected chi connectivity index (χ0v) is 15.1. The van der Waals surface area contributed by atoms with Crippen LogP contribution in [0, 0.1) is 0 Å². The maximum Gasteiger partial charge on any atom is 0.258 e. The van der Waals surface area contributed by atoms with Gasteiger partial charge in [-0.3, -0.25) is 4.79 Å². The lowest BCUT2D eigenvalue weighted by atomic mass is 9.93. The number of aliphatic hydroxyl groups is 1. The summed E-state index contributed by atoms with van der Waals surface area (Å²) in [6.45, 7) is 0. The van der Waals surface area contributed by atoms with Crippen molar-refractivity contribution in [3.05, 3.63) is 34.4 Å². The third-order valence-electron chi connectivity index (χ3n) is 5.33. The number of aromatic nitrogens is 2. The fourth-order valence-electron chi connectivity index (χ4n) is 3.54. The number of nitrogens with zero attached hydrogens (tertiary/aromatic N) is 1. The summed E-state index contributed by atoms with van der Waals surface area (Å²) in [5, 5.41) is 14.3. The van der Waals surface area contributed by atoms with Crippen molar-refractivity contribution >= 4 is 28.4 Å². The minimum absolute atomic E-state index is 0.0603. The van der Waals surface area contributed by atoms with Gasteiger partial charge in [-0.2, -0.15) is 11.8 Å². The molecule has 1 heterocycles. The average molecular weight is 359 g/mol. The van der Waals surface area contributed by atoms with Crippen molar-refractivity contribution in [2.75, 3.05) is 5.32 Å². The van der Waals surface area contributed by atoms with Gasteiger partial charge >= 0.3 is 0 Å². The zero-order valence-electron chi connectivity index (χ0n) is 14.3. The van der Waals surface area contributed by atoms with Crippen molar-refractivity contribution in [1.82, 2.24) is 9.97 Å². The van der Waals surface area contributed by atoms with Gasteiger partial charge in [0.1, 0.15) is 5.82 Å². The van der Waals surface area contributed by atoms with Crippen molar-refractivity contribution in [2.24, 2.45) is 0 Å². The van der Waals surface area contributed by atoms with Gasteiger partial charge in [-0.05, 0) is 63.1 Å². The lowest BCUT2D eigenvalue weighted by molar-refractivity contribution is 0.132. The second-order valence-electron chi connectivity index (χ2n) is 7.26. The number of rotatable bonds is 5. The predicted octanol–water partition coefficient (Wildman–Crippen LogP) is 3.42. The predicted molar refractivity (Wildman–Crippen MR) is 103 cm³/mol. The van der Waals surface area contributed by atoms with E-state index in [0.29, 0.717) is 22.4 Å². The molecule has 0 radical (unpaired) electrons. The summed E-state index contributed by atoms with van der Waals surface area (Å²) >= 11 is 1.84. The molecule has 2 aromatic rings. The Labute approximate surface area is 151 Å². The molecule has 134 valence electrons. The molecule has 6 heteroatoms. The molecule has 0 amide bonds. The summed E-state index contributed by atoms with van der Waals surface area (Å²) in [6.07, 6.45) is 7.46. The van der Waals surface area contributed by atoms with Crippen molar-refractivity contribution in [1.29, 1.82) is 0 Å². The molecule has 2 aliphatic carbocycles. The molecule has 0 atom stereocenters. The first-order valence-electron chi connectivity index (χ1n) is 9.26. The van der Waals surface area contributed by atoms with Crippen LogP contribution in [0.15, 0.2) is 23.0 Å². The first-order valence-corrected chi connectivity index (χ1v) is 10.3. The van der Waals surface area contributed by atoms with Crippen LogP contribution in [0.1, 0.15) is 50.8 Å².